The molecule has 0 aliphatic carbocycles. The van der Waals surface area contributed by atoms with Gasteiger partial charge in [-0.3, -0.25) is 0 Å². The Morgan fingerprint density at radius 3 is 2.58 bits per heavy atom. The molecule has 5 heteroatoms. The highest BCUT2D eigenvalue weighted by Crippen LogP contribution is 2.30. The highest BCUT2D eigenvalue weighted by Gasteiger charge is 2.12. The zero-order valence-corrected chi connectivity index (χ0v) is 6.88. The van der Waals surface area contributed by atoms with Gasteiger partial charge in [0.05, 0.1) is 4.90 Å². The summed E-state index contributed by atoms with van der Waals surface area (Å²) in [5, 5.41) is 17.8. The molecule has 0 fully saturated rings. The number of carboxylic acid groups (broad SMARTS) is 1. The lowest BCUT2D eigenvalue weighted by molar-refractivity contribution is 0.0693. The van der Waals surface area contributed by atoms with Crippen molar-refractivity contribution in [3.05, 3.63) is 17.7 Å². The van der Waals surface area contributed by atoms with Crippen LogP contribution in [-0.2, 0) is 0 Å². The molecule has 1 rings (SSSR count). The van der Waals surface area contributed by atoms with Gasteiger partial charge in [0, 0.05) is 5.69 Å². The largest absolute Gasteiger partial charge is 0.506 e. The molecule has 1 aromatic carbocycles. The van der Waals surface area contributed by atoms with E-state index in [4.69, 9.17) is 10.8 Å². The summed E-state index contributed by atoms with van der Waals surface area (Å²) < 4.78 is 0. The maximum Gasteiger partial charge on any atom is 0.339 e. The van der Waals surface area contributed by atoms with Crippen LogP contribution in [0.25, 0.3) is 0 Å². The molecule has 1 aromatic rings. The lowest BCUT2D eigenvalue weighted by Gasteiger charge is -2.04. The van der Waals surface area contributed by atoms with E-state index >= 15 is 0 Å². The zero-order valence-electron chi connectivity index (χ0n) is 5.98. The maximum absolute atomic E-state index is 10.5. The normalized spacial score (nSPS) is 9.75. The Bertz CT molecular complexity index is 338. The number of aromatic carboxylic acids is 1. The molecule has 4 nitrogen and oxygen atoms in total. The number of nitrogen functional groups attached to an aromatic ring is 1. The van der Waals surface area contributed by atoms with Crippen molar-refractivity contribution in [1.29, 1.82) is 0 Å². The molecule has 0 atom stereocenters. The average molecular weight is 185 g/mol. The molecule has 0 heterocycles. The van der Waals surface area contributed by atoms with Gasteiger partial charge < -0.3 is 15.9 Å². The monoisotopic (exact) mass is 185 g/mol. The number of hydrogen-bond acceptors (Lipinski definition) is 4. The van der Waals surface area contributed by atoms with Gasteiger partial charge in [-0.05, 0) is 12.1 Å². The van der Waals surface area contributed by atoms with Crippen molar-refractivity contribution in [1.82, 2.24) is 0 Å². The van der Waals surface area contributed by atoms with E-state index in [1.807, 2.05) is 0 Å². The van der Waals surface area contributed by atoms with Crippen LogP contribution in [0.1, 0.15) is 10.4 Å². The summed E-state index contributed by atoms with van der Waals surface area (Å²) in [6.45, 7) is 0. The first-order valence-electron chi connectivity index (χ1n) is 3.07. The molecule has 12 heavy (non-hydrogen) atoms. The van der Waals surface area contributed by atoms with Gasteiger partial charge in [-0.25, -0.2) is 4.79 Å². The van der Waals surface area contributed by atoms with Gasteiger partial charge in [0.2, 0.25) is 0 Å². The van der Waals surface area contributed by atoms with Crippen LogP contribution in [0.15, 0.2) is 17.0 Å². The number of rotatable bonds is 1. The van der Waals surface area contributed by atoms with Crippen LogP contribution in [-0.4, -0.2) is 16.2 Å². The Morgan fingerprint density at radius 1 is 1.50 bits per heavy atom. The first kappa shape index (κ1) is 8.73. The van der Waals surface area contributed by atoms with Gasteiger partial charge >= 0.3 is 5.97 Å². The second kappa shape index (κ2) is 2.94. The third-order valence-electron chi connectivity index (χ3n) is 1.41. The van der Waals surface area contributed by atoms with E-state index in [-0.39, 0.29) is 16.1 Å². The minimum Gasteiger partial charge on any atom is -0.506 e. The lowest BCUT2D eigenvalue weighted by Crippen LogP contribution is -1.98. The topological polar surface area (TPSA) is 83.6 Å². The predicted octanol–water partition coefficient (Wildman–Crippen LogP) is 0.961. The van der Waals surface area contributed by atoms with Crippen molar-refractivity contribution in [2.45, 2.75) is 4.90 Å². The predicted molar refractivity (Wildman–Crippen MR) is 46.7 cm³/mol. The van der Waals surface area contributed by atoms with Crippen molar-refractivity contribution in [2.75, 3.05) is 5.73 Å². The minimum atomic E-state index is -1.21. The summed E-state index contributed by atoms with van der Waals surface area (Å²) in [6, 6.07) is 2.61. The van der Waals surface area contributed by atoms with Crippen LogP contribution in [0.5, 0.6) is 5.75 Å². The Balaban J connectivity index is 3.36. The molecule has 4 N–H and O–H groups in total. The molecular formula is C7H7NO3S. The van der Waals surface area contributed by atoms with Crippen LogP contribution in [0, 0.1) is 0 Å². The first-order valence-corrected chi connectivity index (χ1v) is 3.52. The van der Waals surface area contributed by atoms with Crippen molar-refractivity contribution >= 4 is 24.3 Å². The van der Waals surface area contributed by atoms with E-state index in [0.29, 0.717) is 0 Å². The Morgan fingerprint density at radius 2 is 2.08 bits per heavy atom. The fraction of sp³-hybridized carbons (Fsp3) is 0. The van der Waals surface area contributed by atoms with Gasteiger partial charge in [-0.1, -0.05) is 0 Å². The third kappa shape index (κ3) is 1.31. The molecule has 0 spiro atoms. The highest BCUT2D eigenvalue weighted by atomic mass is 32.1. The van der Waals surface area contributed by atoms with E-state index in [1.54, 1.807) is 0 Å². The van der Waals surface area contributed by atoms with E-state index in [2.05, 4.69) is 12.6 Å². The van der Waals surface area contributed by atoms with Crippen LogP contribution >= 0.6 is 12.6 Å². The summed E-state index contributed by atoms with van der Waals surface area (Å²) in [5.74, 6) is -1.60. The van der Waals surface area contributed by atoms with Gasteiger partial charge in [0.15, 0.2) is 0 Å². The smallest absolute Gasteiger partial charge is 0.339 e. The molecule has 0 aliphatic rings. The summed E-state index contributed by atoms with van der Waals surface area (Å²) in [7, 11) is 0. The van der Waals surface area contributed by atoms with E-state index < -0.39 is 11.7 Å². The number of nitrogens with two attached hydrogens (primary N) is 1. The number of aromatic hydroxyl groups is 1. The fourth-order valence-electron chi connectivity index (χ4n) is 0.768. The van der Waals surface area contributed by atoms with Gasteiger partial charge in [0.1, 0.15) is 11.3 Å². The number of hydrogen-bond donors (Lipinski definition) is 4. The summed E-state index contributed by atoms with van der Waals surface area (Å²) in [6.07, 6.45) is 0. The molecule has 64 valence electrons. The second-order valence-electron chi connectivity index (χ2n) is 2.20. The Kier molecular flexibility index (Phi) is 2.14. The van der Waals surface area contributed by atoms with Crippen LogP contribution in [0.4, 0.5) is 5.69 Å². The van der Waals surface area contributed by atoms with Crippen LogP contribution < -0.4 is 5.73 Å². The molecule has 0 saturated heterocycles. The summed E-state index contributed by atoms with van der Waals surface area (Å²) in [5.41, 5.74) is 5.41. The molecule has 0 amide bonds. The summed E-state index contributed by atoms with van der Waals surface area (Å²) >= 11 is 3.84. The van der Waals surface area contributed by atoms with Crippen LogP contribution in [0.3, 0.4) is 0 Å². The molecule has 0 saturated carbocycles. The lowest BCUT2D eigenvalue weighted by atomic mass is 10.2. The standard InChI is InChI=1S/C7H7NO3S/c8-4-2-1-3(7(10)11)5(9)6(4)12/h1-2,9,12H,8H2,(H,10,11). The summed E-state index contributed by atoms with van der Waals surface area (Å²) in [4.78, 5) is 10.5. The van der Waals surface area contributed by atoms with Crippen molar-refractivity contribution in [2.24, 2.45) is 0 Å². The SMILES string of the molecule is Nc1ccc(C(=O)O)c(O)c1S. The molecule has 0 unspecified atom stereocenters. The van der Waals surface area contributed by atoms with E-state index in [1.165, 1.54) is 12.1 Å². The molecule has 0 radical (unpaired) electrons. The first-order chi connectivity index (χ1) is 5.54. The average Bonchev–Trinajstić information content (AvgIpc) is 2.00. The van der Waals surface area contributed by atoms with Gasteiger partial charge in [0.25, 0.3) is 0 Å². The fourth-order valence-corrected chi connectivity index (χ4v) is 0.963. The zero-order chi connectivity index (χ0) is 9.30. The van der Waals surface area contributed by atoms with Crippen molar-refractivity contribution in [3.8, 4) is 5.75 Å². The molecular weight excluding hydrogens is 178 g/mol. The molecule has 0 bridgehead atoms. The Labute approximate surface area is 74.0 Å². The number of thiol groups is 1. The van der Waals surface area contributed by atoms with Gasteiger partial charge in [-0.15, -0.1) is 12.6 Å². The molecule has 0 aliphatic heterocycles. The number of phenols is 1. The quantitative estimate of drug-likeness (QED) is 0.388. The highest BCUT2D eigenvalue weighted by molar-refractivity contribution is 7.80. The van der Waals surface area contributed by atoms with Crippen molar-refractivity contribution < 1.29 is 15.0 Å². The Hall–Kier alpha value is -1.36. The minimum absolute atomic E-state index is 0.0925. The second-order valence-corrected chi connectivity index (χ2v) is 2.65. The number of anilines is 1. The van der Waals surface area contributed by atoms with Crippen LogP contribution in [0.2, 0.25) is 0 Å². The molecule has 0 aromatic heterocycles. The number of carboxylic acids is 1. The number of carbonyl (C=O) groups is 1. The third-order valence-corrected chi connectivity index (χ3v) is 1.88. The maximum atomic E-state index is 10.5. The van der Waals surface area contributed by atoms with E-state index in [0.717, 1.165) is 0 Å². The van der Waals surface area contributed by atoms with Gasteiger partial charge in [-0.2, -0.15) is 0 Å². The van der Waals surface area contributed by atoms with Crippen molar-refractivity contribution in [3.63, 3.8) is 0 Å². The number of benzene rings is 1. The van der Waals surface area contributed by atoms with E-state index in [9.17, 15) is 9.90 Å².